The zero-order chi connectivity index (χ0) is 18.4. The number of aromatic nitrogens is 3. The topological polar surface area (TPSA) is 88.9 Å². The van der Waals surface area contributed by atoms with Gasteiger partial charge in [0.1, 0.15) is 6.33 Å². The Morgan fingerprint density at radius 2 is 1.96 bits per heavy atom. The second kappa shape index (κ2) is 9.07. The highest BCUT2D eigenvalue weighted by atomic mass is 35.5. The highest BCUT2D eigenvalue weighted by Gasteiger charge is 2.16. The third-order valence-electron chi connectivity index (χ3n) is 3.21. The number of aryl methyl sites for hydroxylation is 1. The van der Waals surface area contributed by atoms with Gasteiger partial charge < -0.3 is 15.2 Å². The number of halogens is 2. The van der Waals surface area contributed by atoms with E-state index in [1.165, 1.54) is 17.8 Å². The van der Waals surface area contributed by atoms with Gasteiger partial charge in [-0.3, -0.25) is 9.59 Å². The molecule has 0 saturated heterocycles. The monoisotopic (exact) mass is 401 g/mol. The third kappa shape index (κ3) is 5.62. The standard InChI is InChI=1S/C15H17Cl2N5O2S/c1-9(25-15-21-20-8-22(15)2)13(23)18-5-6-19-14(24)10-3-4-11(16)12(17)7-10/h3-4,7-9H,5-6H2,1-2H3,(H,18,23)(H,19,24). The van der Waals surface area contributed by atoms with Crippen LogP contribution in [0.1, 0.15) is 17.3 Å². The van der Waals surface area contributed by atoms with E-state index in [2.05, 4.69) is 20.8 Å². The van der Waals surface area contributed by atoms with Crippen molar-refractivity contribution in [3.63, 3.8) is 0 Å². The van der Waals surface area contributed by atoms with Gasteiger partial charge in [-0.25, -0.2) is 0 Å². The van der Waals surface area contributed by atoms with Crippen LogP contribution in [0.5, 0.6) is 0 Å². The molecule has 0 aliphatic heterocycles. The SMILES string of the molecule is CC(Sc1nncn1C)C(=O)NCCNC(=O)c1ccc(Cl)c(Cl)c1. The maximum atomic E-state index is 12.0. The lowest BCUT2D eigenvalue weighted by Crippen LogP contribution is -2.37. The predicted molar refractivity (Wildman–Crippen MR) is 98.1 cm³/mol. The molecule has 0 aliphatic rings. The minimum Gasteiger partial charge on any atom is -0.353 e. The summed E-state index contributed by atoms with van der Waals surface area (Å²) in [5, 5.41) is 14.2. The minimum absolute atomic E-state index is 0.142. The van der Waals surface area contributed by atoms with Crippen LogP contribution in [0.4, 0.5) is 0 Å². The molecule has 2 N–H and O–H groups in total. The molecule has 134 valence electrons. The molecule has 0 bridgehead atoms. The summed E-state index contributed by atoms with van der Waals surface area (Å²) in [6.45, 7) is 2.39. The van der Waals surface area contributed by atoms with E-state index in [0.29, 0.717) is 33.9 Å². The molecule has 2 rings (SSSR count). The highest BCUT2D eigenvalue weighted by molar-refractivity contribution is 8.00. The molecule has 0 aliphatic carbocycles. The number of thioether (sulfide) groups is 1. The van der Waals surface area contributed by atoms with Crippen molar-refractivity contribution in [1.82, 2.24) is 25.4 Å². The highest BCUT2D eigenvalue weighted by Crippen LogP contribution is 2.22. The van der Waals surface area contributed by atoms with Gasteiger partial charge in [-0.05, 0) is 25.1 Å². The lowest BCUT2D eigenvalue weighted by molar-refractivity contribution is -0.120. The fourth-order valence-electron chi connectivity index (χ4n) is 1.84. The molecule has 0 fully saturated rings. The van der Waals surface area contributed by atoms with E-state index in [1.54, 1.807) is 30.0 Å². The van der Waals surface area contributed by atoms with E-state index in [9.17, 15) is 9.59 Å². The zero-order valence-corrected chi connectivity index (χ0v) is 16.0. The molecule has 7 nitrogen and oxygen atoms in total. The van der Waals surface area contributed by atoms with E-state index in [1.807, 2.05) is 7.05 Å². The van der Waals surface area contributed by atoms with Crippen LogP contribution < -0.4 is 10.6 Å². The Morgan fingerprint density at radius 3 is 2.60 bits per heavy atom. The Bertz CT molecular complexity index is 768. The first kappa shape index (κ1) is 19.6. The summed E-state index contributed by atoms with van der Waals surface area (Å²) in [4.78, 5) is 24.0. The van der Waals surface area contributed by atoms with Crippen molar-refractivity contribution in [2.45, 2.75) is 17.3 Å². The molecule has 1 atom stereocenters. The fraction of sp³-hybridized carbons (Fsp3) is 0.333. The van der Waals surface area contributed by atoms with Gasteiger partial charge in [-0.15, -0.1) is 10.2 Å². The molecule has 10 heteroatoms. The van der Waals surface area contributed by atoms with Crippen LogP contribution in [0, 0.1) is 0 Å². The first-order chi connectivity index (χ1) is 11.9. The van der Waals surface area contributed by atoms with E-state index in [-0.39, 0.29) is 17.1 Å². The van der Waals surface area contributed by atoms with Crippen LogP contribution >= 0.6 is 35.0 Å². The predicted octanol–water partition coefficient (Wildman–Crippen LogP) is 2.15. The van der Waals surface area contributed by atoms with Crippen LogP contribution in [0.15, 0.2) is 29.7 Å². The first-order valence-corrected chi connectivity index (χ1v) is 9.03. The Labute approximate surface area is 159 Å². The number of benzene rings is 1. The second-order valence-electron chi connectivity index (χ2n) is 5.16. The van der Waals surface area contributed by atoms with Crippen molar-refractivity contribution in [2.75, 3.05) is 13.1 Å². The smallest absolute Gasteiger partial charge is 0.251 e. The quantitative estimate of drug-likeness (QED) is 0.547. The number of hydrogen-bond donors (Lipinski definition) is 2. The fourth-order valence-corrected chi connectivity index (χ4v) is 2.95. The average Bonchev–Trinajstić information content (AvgIpc) is 2.98. The number of carbonyl (C=O) groups is 2. The summed E-state index contributed by atoms with van der Waals surface area (Å²) in [5.41, 5.74) is 0.409. The Kier molecular flexibility index (Phi) is 7.10. The van der Waals surface area contributed by atoms with Gasteiger partial charge in [0, 0.05) is 25.7 Å². The summed E-state index contributed by atoms with van der Waals surface area (Å²) in [5.74, 6) is -0.425. The van der Waals surface area contributed by atoms with Gasteiger partial charge in [-0.2, -0.15) is 0 Å². The Balaban J connectivity index is 1.72. The maximum Gasteiger partial charge on any atom is 0.251 e. The van der Waals surface area contributed by atoms with E-state index >= 15 is 0 Å². The van der Waals surface area contributed by atoms with Gasteiger partial charge in [0.25, 0.3) is 5.91 Å². The lowest BCUT2D eigenvalue weighted by Gasteiger charge is -2.12. The van der Waals surface area contributed by atoms with Gasteiger partial charge in [0.05, 0.1) is 15.3 Å². The molecule has 1 aromatic carbocycles. The van der Waals surface area contributed by atoms with E-state index in [0.717, 1.165) is 0 Å². The molecule has 0 spiro atoms. The van der Waals surface area contributed by atoms with Gasteiger partial charge in [-0.1, -0.05) is 35.0 Å². The number of amides is 2. The third-order valence-corrected chi connectivity index (χ3v) is 5.10. The molecule has 2 aromatic rings. The van der Waals surface area contributed by atoms with Crippen molar-refractivity contribution in [2.24, 2.45) is 7.05 Å². The number of nitrogens with zero attached hydrogens (tertiary/aromatic N) is 3. The van der Waals surface area contributed by atoms with Gasteiger partial charge in [0.15, 0.2) is 5.16 Å². The molecule has 25 heavy (non-hydrogen) atoms. The molecule has 1 heterocycles. The van der Waals surface area contributed by atoms with E-state index < -0.39 is 0 Å². The lowest BCUT2D eigenvalue weighted by atomic mass is 10.2. The number of hydrogen-bond acceptors (Lipinski definition) is 5. The summed E-state index contributed by atoms with van der Waals surface area (Å²) < 4.78 is 1.74. The molecule has 1 unspecified atom stereocenters. The van der Waals surface area contributed by atoms with Crippen LogP contribution in [-0.2, 0) is 11.8 Å². The molecule has 0 saturated carbocycles. The second-order valence-corrected chi connectivity index (χ2v) is 7.28. The van der Waals surface area contributed by atoms with Crippen molar-refractivity contribution >= 4 is 46.8 Å². The largest absolute Gasteiger partial charge is 0.353 e. The number of rotatable bonds is 7. The first-order valence-electron chi connectivity index (χ1n) is 7.40. The average molecular weight is 402 g/mol. The number of nitrogens with one attached hydrogen (secondary N) is 2. The Hall–Kier alpha value is -1.77. The zero-order valence-electron chi connectivity index (χ0n) is 13.6. The molecular formula is C15H17Cl2N5O2S. The molecular weight excluding hydrogens is 385 g/mol. The molecule has 0 radical (unpaired) electrons. The van der Waals surface area contributed by atoms with Crippen molar-refractivity contribution in [3.8, 4) is 0 Å². The van der Waals surface area contributed by atoms with E-state index in [4.69, 9.17) is 23.2 Å². The summed E-state index contributed by atoms with van der Waals surface area (Å²) in [6.07, 6.45) is 1.57. The summed E-state index contributed by atoms with van der Waals surface area (Å²) >= 11 is 13.0. The van der Waals surface area contributed by atoms with Crippen molar-refractivity contribution < 1.29 is 9.59 Å². The van der Waals surface area contributed by atoms with Crippen LogP contribution in [-0.4, -0.2) is 44.9 Å². The van der Waals surface area contributed by atoms with Gasteiger partial charge in [0.2, 0.25) is 5.91 Å². The number of carbonyl (C=O) groups excluding carboxylic acids is 2. The summed E-state index contributed by atoms with van der Waals surface area (Å²) in [7, 11) is 1.81. The summed E-state index contributed by atoms with van der Waals surface area (Å²) in [6, 6.07) is 4.64. The van der Waals surface area contributed by atoms with Crippen LogP contribution in [0.2, 0.25) is 10.0 Å². The van der Waals surface area contributed by atoms with Gasteiger partial charge >= 0.3 is 0 Å². The molecule has 1 aromatic heterocycles. The van der Waals surface area contributed by atoms with Crippen LogP contribution in [0.25, 0.3) is 0 Å². The Morgan fingerprint density at radius 1 is 1.24 bits per heavy atom. The molecule has 2 amide bonds. The maximum absolute atomic E-state index is 12.0. The van der Waals surface area contributed by atoms with Crippen LogP contribution in [0.3, 0.4) is 0 Å². The minimum atomic E-state index is -0.325. The van der Waals surface area contributed by atoms with Crippen molar-refractivity contribution in [1.29, 1.82) is 0 Å². The van der Waals surface area contributed by atoms with Crippen molar-refractivity contribution in [3.05, 3.63) is 40.1 Å². The normalized spacial score (nSPS) is 11.8.